The van der Waals surface area contributed by atoms with E-state index in [9.17, 15) is 0 Å². The van der Waals surface area contributed by atoms with Crippen molar-refractivity contribution in [3.63, 3.8) is 0 Å². The molecule has 2 rings (SSSR count). The number of aryl methyl sites for hydroxylation is 1. The van der Waals surface area contributed by atoms with Crippen LogP contribution in [0.5, 0.6) is 0 Å². The number of hydrogen-bond acceptors (Lipinski definition) is 1. The van der Waals surface area contributed by atoms with Gasteiger partial charge < -0.3 is 0 Å². The third kappa shape index (κ3) is 3.28. The Morgan fingerprint density at radius 3 is 2.29 bits per heavy atom. The highest BCUT2D eigenvalue weighted by atomic mass is 14.7. The zero-order valence-electron chi connectivity index (χ0n) is 10.4. The van der Waals surface area contributed by atoms with Gasteiger partial charge in [-0.25, -0.2) is 0 Å². The lowest BCUT2D eigenvalue weighted by Gasteiger charge is -2.03. The van der Waals surface area contributed by atoms with Crippen LogP contribution in [0.2, 0.25) is 0 Å². The fourth-order valence-corrected chi connectivity index (χ4v) is 1.83. The van der Waals surface area contributed by atoms with Crippen molar-refractivity contribution in [3.8, 4) is 0 Å². The van der Waals surface area contributed by atoms with Crippen LogP contribution in [0.4, 0.5) is 5.69 Å². The average Bonchev–Trinajstić information content (AvgIpc) is 2.33. The molecule has 0 amide bonds. The standard InChI is InChI=1S/C16H17N/c1-13-8-6-7-11-16(13)17-14(2)12-15-9-4-3-5-10-15/h3-11H,12H2,1-2H3/b17-14+. The summed E-state index contributed by atoms with van der Waals surface area (Å²) in [4.78, 5) is 4.67. The van der Waals surface area contributed by atoms with Gasteiger partial charge in [0.25, 0.3) is 0 Å². The van der Waals surface area contributed by atoms with Gasteiger partial charge in [0.1, 0.15) is 0 Å². The van der Waals surface area contributed by atoms with Gasteiger partial charge in [-0.3, -0.25) is 4.99 Å². The maximum absolute atomic E-state index is 4.67. The van der Waals surface area contributed by atoms with Crippen molar-refractivity contribution in [2.45, 2.75) is 20.3 Å². The molecule has 0 saturated heterocycles. The van der Waals surface area contributed by atoms with Gasteiger partial charge in [-0.15, -0.1) is 0 Å². The van der Waals surface area contributed by atoms with Crippen molar-refractivity contribution in [1.82, 2.24) is 0 Å². The van der Waals surface area contributed by atoms with Crippen LogP contribution in [0.1, 0.15) is 18.1 Å². The minimum Gasteiger partial charge on any atom is -0.258 e. The Balaban J connectivity index is 2.16. The summed E-state index contributed by atoms with van der Waals surface area (Å²) in [5.74, 6) is 0. The van der Waals surface area contributed by atoms with Crippen LogP contribution in [0.15, 0.2) is 59.6 Å². The molecular formula is C16H17N. The van der Waals surface area contributed by atoms with Crippen LogP contribution < -0.4 is 0 Å². The van der Waals surface area contributed by atoms with Gasteiger partial charge in [-0.2, -0.15) is 0 Å². The molecule has 0 aliphatic carbocycles. The molecule has 0 aliphatic heterocycles. The summed E-state index contributed by atoms with van der Waals surface area (Å²) in [6.07, 6.45) is 0.912. The summed E-state index contributed by atoms with van der Waals surface area (Å²) >= 11 is 0. The third-order valence-corrected chi connectivity index (χ3v) is 2.73. The van der Waals surface area contributed by atoms with Gasteiger partial charge in [0.05, 0.1) is 5.69 Å². The fraction of sp³-hybridized carbons (Fsp3) is 0.188. The quantitative estimate of drug-likeness (QED) is 0.687. The minimum absolute atomic E-state index is 0.912. The molecule has 2 aromatic carbocycles. The molecule has 0 unspecified atom stereocenters. The molecule has 0 spiro atoms. The highest BCUT2D eigenvalue weighted by Crippen LogP contribution is 2.18. The van der Waals surface area contributed by atoms with E-state index in [1.165, 1.54) is 11.1 Å². The van der Waals surface area contributed by atoms with E-state index in [0.717, 1.165) is 17.8 Å². The molecule has 0 atom stereocenters. The van der Waals surface area contributed by atoms with E-state index in [0.29, 0.717) is 0 Å². The van der Waals surface area contributed by atoms with Crippen LogP contribution in [0.25, 0.3) is 0 Å². The number of aliphatic imine (C=N–C) groups is 1. The van der Waals surface area contributed by atoms with Crippen molar-refractivity contribution in [1.29, 1.82) is 0 Å². The Labute approximate surface area is 103 Å². The molecule has 0 heterocycles. The van der Waals surface area contributed by atoms with Gasteiger partial charge in [0.15, 0.2) is 0 Å². The monoisotopic (exact) mass is 223 g/mol. The first-order valence-corrected chi connectivity index (χ1v) is 5.89. The Hall–Kier alpha value is -1.89. The highest BCUT2D eigenvalue weighted by Gasteiger charge is 1.98. The lowest BCUT2D eigenvalue weighted by molar-refractivity contribution is 1.28. The maximum atomic E-state index is 4.67. The summed E-state index contributed by atoms with van der Waals surface area (Å²) in [5.41, 5.74) is 4.74. The second-order valence-corrected chi connectivity index (χ2v) is 4.30. The SMILES string of the molecule is C/C(Cc1ccccc1)=N\c1ccccc1C. The van der Waals surface area contributed by atoms with Crippen LogP contribution in [-0.4, -0.2) is 5.71 Å². The van der Waals surface area contributed by atoms with E-state index in [2.05, 4.69) is 55.2 Å². The smallest absolute Gasteiger partial charge is 0.0658 e. The van der Waals surface area contributed by atoms with Gasteiger partial charge in [0.2, 0.25) is 0 Å². The van der Waals surface area contributed by atoms with Crippen molar-refractivity contribution in [2.75, 3.05) is 0 Å². The molecule has 2 aromatic rings. The minimum atomic E-state index is 0.912. The molecule has 86 valence electrons. The maximum Gasteiger partial charge on any atom is 0.0658 e. The molecule has 0 aliphatic rings. The van der Waals surface area contributed by atoms with Crippen molar-refractivity contribution < 1.29 is 0 Å². The van der Waals surface area contributed by atoms with Crippen LogP contribution >= 0.6 is 0 Å². The first-order valence-electron chi connectivity index (χ1n) is 5.89. The summed E-state index contributed by atoms with van der Waals surface area (Å²) in [6, 6.07) is 18.7. The largest absolute Gasteiger partial charge is 0.258 e. The predicted molar refractivity (Wildman–Crippen MR) is 74.1 cm³/mol. The highest BCUT2D eigenvalue weighted by molar-refractivity contribution is 5.86. The summed E-state index contributed by atoms with van der Waals surface area (Å²) in [5, 5.41) is 0. The van der Waals surface area contributed by atoms with Crippen molar-refractivity contribution >= 4 is 11.4 Å². The Bertz CT molecular complexity index is 512. The molecule has 17 heavy (non-hydrogen) atoms. The first kappa shape index (κ1) is 11.6. The number of benzene rings is 2. The lowest BCUT2D eigenvalue weighted by atomic mass is 10.1. The third-order valence-electron chi connectivity index (χ3n) is 2.73. The number of nitrogens with zero attached hydrogens (tertiary/aromatic N) is 1. The Morgan fingerprint density at radius 2 is 1.59 bits per heavy atom. The summed E-state index contributed by atoms with van der Waals surface area (Å²) < 4.78 is 0. The average molecular weight is 223 g/mol. The topological polar surface area (TPSA) is 12.4 Å². The van der Waals surface area contributed by atoms with Gasteiger partial charge in [-0.05, 0) is 31.0 Å². The number of rotatable bonds is 3. The van der Waals surface area contributed by atoms with Gasteiger partial charge in [0, 0.05) is 12.1 Å². The van der Waals surface area contributed by atoms with Crippen LogP contribution in [-0.2, 0) is 6.42 Å². The number of hydrogen-bond donors (Lipinski definition) is 0. The van der Waals surface area contributed by atoms with E-state index in [1.807, 2.05) is 18.2 Å². The molecular weight excluding hydrogens is 206 g/mol. The summed E-state index contributed by atoms with van der Waals surface area (Å²) in [7, 11) is 0. The molecule has 1 nitrogen and oxygen atoms in total. The molecule has 1 heteroatoms. The van der Waals surface area contributed by atoms with Crippen molar-refractivity contribution in [3.05, 3.63) is 65.7 Å². The Kier molecular flexibility index (Phi) is 3.71. The number of para-hydroxylation sites is 1. The first-order chi connectivity index (χ1) is 8.25. The normalized spacial score (nSPS) is 11.5. The Morgan fingerprint density at radius 1 is 0.941 bits per heavy atom. The van der Waals surface area contributed by atoms with E-state index in [-0.39, 0.29) is 0 Å². The summed E-state index contributed by atoms with van der Waals surface area (Å²) in [6.45, 7) is 4.17. The van der Waals surface area contributed by atoms with Crippen LogP contribution in [0, 0.1) is 6.92 Å². The molecule has 0 N–H and O–H groups in total. The molecule has 0 fully saturated rings. The van der Waals surface area contributed by atoms with E-state index >= 15 is 0 Å². The zero-order chi connectivity index (χ0) is 12.1. The van der Waals surface area contributed by atoms with Gasteiger partial charge in [-0.1, -0.05) is 48.5 Å². The second kappa shape index (κ2) is 5.44. The molecule has 0 radical (unpaired) electrons. The van der Waals surface area contributed by atoms with E-state index in [4.69, 9.17) is 0 Å². The molecule has 0 saturated carbocycles. The van der Waals surface area contributed by atoms with E-state index in [1.54, 1.807) is 0 Å². The van der Waals surface area contributed by atoms with Crippen molar-refractivity contribution in [2.24, 2.45) is 4.99 Å². The van der Waals surface area contributed by atoms with Gasteiger partial charge >= 0.3 is 0 Å². The zero-order valence-corrected chi connectivity index (χ0v) is 10.4. The molecule has 0 bridgehead atoms. The van der Waals surface area contributed by atoms with E-state index < -0.39 is 0 Å². The lowest BCUT2D eigenvalue weighted by Crippen LogP contribution is -1.96. The van der Waals surface area contributed by atoms with Crippen LogP contribution in [0.3, 0.4) is 0 Å². The second-order valence-electron chi connectivity index (χ2n) is 4.30. The fourth-order valence-electron chi connectivity index (χ4n) is 1.83. The predicted octanol–water partition coefficient (Wildman–Crippen LogP) is 4.33. The molecule has 0 aromatic heterocycles.